The number of nitrogens with zero attached hydrogens (tertiary/aromatic N) is 1. The molecule has 0 aromatic heterocycles. The van der Waals surface area contributed by atoms with Gasteiger partial charge in [0.15, 0.2) is 0 Å². The minimum atomic E-state index is -0.918. The fourth-order valence-electron chi connectivity index (χ4n) is 1.52. The van der Waals surface area contributed by atoms with Crippen molar-refractivity contribution in [1.82, 2.24) is 0 Å². The average molecular weight is 217 g/mol. The summed E-state index contributed by atoms with van der Waals surface area (Å²) in [6.45, 7) is 3.38. The minimum absolute atomic E-state index is 0.288. The van der Waals surface area contributed by atoms with Crippen LogP contribution in [0.3, 0.4) is 0 Å². The molecule has 1 aromatic carbocycles. The highest BCUT2D eigenvalue weighted by Crippen LogP contribution is 2.16. The van der Waals surface area contributed by atoms with Gasteiger partial charge in [-0.3, -0.25) is 0 Å². The Balaban J connectivity index is 2.96. The number of benzene rings is 1. The van der Waals surface area contributed by atoms with Gasteiger partial charge in [-0.25, -0.2) is 4.79 Å². The second kappa shape index (κ2) is 5.82. The van der Waals surface area contributed by atoms with E-state index in [0.29, 0.717) is 6.54 Å². The Morgan fingerprint density at radius 2 is 2.31 bits per heavy atom. The molecule has 1 aromatic rings. The second-order valence-corrected chi connectivity index (χ2v) is 3.48. The molecule has 1 rings (SSSR count). The summed E-state index contributed by atoms with van der Waals surface area (Å²) in [5.41, 5.74) is 1.15. The molecule has 0 saturated heterocycles. The second-order valence-electron chi connectivity index (χ2n) is 3.48. The molecular formula is C13H15NO2. The number of hydrogen-bond donors (Lipinski definition) is 1. The molecule has 3 nitrogen and oxygen atoms in total. The van der Waals surface area contributed by atoms with Crippen LogP contribution in [0.5, 0.6) is 0 Å². The van der Waals surface area contributed by atoms with Crippen LogP contribution in [-0.4, -0.2) is 24.2 Å². The van der Waals surface area contributed by atoms with Crippen molar-refractivity contribution in [2.45, 2.75) is 13.3 Å². The Morgan fingerprint density at radius 3 is 2.88 bits per heavy atom. The van der Waals surface area contributed by atoms with E-state index in [1.54, 1.807) is 18.2 Å². The van der Waals surface area contributed by atoms with E-state index in [4.69, 9.17) is 11.5 Å². The third kappa shape index (κ3) is 3.03. The van der Waals surface area contributed by atoms with Crippen molar-refractivity contribution in [2.24, 2.45) is 0 Å². The third-order valence-electron chi connectivity index (χ3n) is 2.23. The topological polar surface area (TPSA) is 40.5 Å². The van der Waals surface area contributed by atoms with Gasteiger partial charge in [-0.2, -0.15) is 0 Å². The number of aromatic carboxylic acids is 1. The highest BCUT2D eigenvalue weighted by Gasteiger charge is 2.07. The molecule has 0 aliphatic rings. The Hall–Kier alpha value is -1.95. The molecule has 0 atom stereocenters. The zero-order valence-electron chi connectivity index (χ0n) is 9.31. The van der Waals surface area contributed by atoms with Crippen LogP contribution in [0.2, 0.25) is 0 Å². The van der Waals surface area contributed by atoms with Gasteiger partial charge in [-0.15, -0.1) is 6.42 Å². The molecule has 1 N–H and O–H groups in total. The SMILES string of the molecule is C#CCN(CCC)c1cccc(C(=O)O)c1. The lowest BCUT2D eigenvalue weighted by molar-refractivity contribution is 0.0697. The molecule has 0 amide bonds. The number of carbonyl (C=O) groups is 1. The van der Waals surface area contributed by atoms with Crippen molar-refractivity contribution in [1.29, 1.82) is 0 Å². The van der Waals surface area contributed by atoms with E-state index >= 15 is 0 Å². The fourth-order valence-corrected chi connectivity index (χ4v) is 1.52. The Labute approximate surface area is 95.7 Å². The predicted molar refractivity (Wildman–Crippen MR) is 64.7 cm³/mol. The lowest BCUT2D eigenvalue weighted by atomic mass is 10.2. The molecular weight excluding hydrogens is 202 g/mol. The Bertz CT molecular complexity index is 407. The maximum absolute atomic E-state index is 10.8. The number of rotatable bonds is 5. The van der Waals surface area contributed by atoms with E-state index in [9.17, 15) is 4.79 Å². The number of carboxylic acids is 1. The van der Waals surface area contributed by atoms with Gasteiger partial charge in [-0.1, -0.05) is 18.9 Å². The van der Waals surface area contributed by atoms with Crippen LogP contribution in [-0.2, 0) is 0 Å². The zero-order chi connectivity index (χ0) is 12.0. The summed E-state index contributed by atoms with van der Waals surface area (Å²) in [5, 5.41) is 8.89. The van der Waals surface area contributed by atoms with E-state index in [1.807, 2.05) is 11.0 Å². The number of carboxylic acid groups (broad SMARTS) is 1. The molecule has 0 aliphatic heterocycles. The van der Waals surface area contributed by atoms with Crippen LogP contribution in [0.1, 0.15) is 23.7 Å². The maximum atomic E-state index is 10.8. The highest BCUT2D eigenvalue weighted by atomic mass is 16.4. The summed E-state index contributed by atoms with van der Waals surface area (Å²) in [6, 6.07) is 6.83. The van der Waals surface area contributed by atoms with Crippen LogP contribution < -0.4 is 4.90 Å². The molecule has 16 heavy (non-hydrogen) atoms. The Kier molecular flexibility index (Phi) is 4.41. The van der Waals surface area contributed by atoms with Crippen LogP contribution in [0.25, 0.3) is 0 Å². The summed E-state index contributed by atoms with van der Waals surface area (Å²) >= 11 is 0. The van der Waals surface area contributed by atoms with Gasteiger partial charge >= 0.3 is 5.97 Å². The normalized spacial score (nSPS) is 9.50. The maximum Gasteiger partial charge on any atom is 0.335 e. The first kappa shape index (κ1) is 12.1. The first-order chi connectivity index (χ1) is 7.69. The van der Waals surface area contributed by atoms with E-state index < -0.39 is 5.97 Å². The monoisotopic (exact) mass is 217 g/mol. The summed E-state index contributed by atoms with van der Waals surface area (Å²) in [4.78, 5) is 12.8. The van der Waals surface area contributed by atoms with Crippen LogP contribution in [0.15, 0.2) is 24.3 Å². The molecule has 0 bridgehead atoms. The lowest BCUT2D eigenvalue weighted by Crippen LogP contribution is -2.24. The van der Waals surface area contributed by atoms with E-state index in [-0.39, 0.29) is 5.56 Å². The summed E-state index contributed by atoms with van der Waals surface area (Å²) in [6.07, 6.45) is 6.26. The predicted octanol–water partition coefficient (Wildman–Crippen LogP) is 2.23. The zero-order valence-corrected chi connectivity index (χ0v) is 9.31. The smallest absolute Gasteiger partial charge is 0.335 e. The summed E-state index contributed by atoms with van der Waals surface area (Å²) in [7, 11) is 0. The number of hydrogen-bond acceptors (Lipinski definition) is 2. The standard InChI is InChI=1S/C13H15NO2/c1-3-8-14(9-4-2)12-7-5-6-11(10-12)13(15)16/h1,5-7,10H,4,8-9H2,2H3,(H,15,16). The van der Waals surface area contributed by atoms with E-state index in [0.717, 1.165) is 18.7 Å². The van der Waals surface area contributed by atoms with Crippen LogP contribution in [0.4, 0.5) is 5.69 Å². The average Bonchev–Trinajstić information content (AvgIpc) is 2.29. The molecule has 0 saturated carbocycles. The quantitative estimate of drug-likeness (QED) is 0.769. The number of terminal acetylenes is 1. The molecule has 0 spiro atoms. The van der Waals surface area contributed by atoms with Gasteiger partial charge < -0.3 is 10.0 Å². The minimum Gasteiger partial charge on any atom is -0.478 e. The van der Waals surface area contributed by atoms with Crippen molar-refractivity contribution in [3.63, 3.8) is 0 Å². The number of anilines is 1. The van der Waals surface area contributed by atoms with Gasteiger partial charge in [0.25, 0.3) is 0 Å². The summed E-state index contributed by atoms with van der Waals surface area (Å²) < 4.78 is 0. The lowest BCUT2D eigenvalue weighted by Gasteiger charge is -2.21. The fraction of sp³-hybridized carbons (Fsp3) is 0.308. The first-order valence-electron chi connectivity index (χ1n) is 5.20. The largest absolute Gasteiger partial charge is 0.478 e. The Morgan fingerprint density at radius 1 is 1.56 bits per heavy atom. The molecule has 0 fully saturated rings. The van der Waals surface area contributed by atoms with E-state index in [1.165, 1.54) is 0 Å². The van der Waals surface area contributed by atoms with Gasteiger partial charge in [0.2, 0.25) is 0 Å². The van der Waals surface area contributed by atoms with Gasteiger partial charge in [0, 0.05) is 12.2 Å². The van der Waals surface area contributed by atoms with Crippen molar-refractivity contribution < 1.29 is 9.90 Å². The van der Waals surface area contributed by atoms with Gasteiger partial charge in [0.1, 0.15) is 0 Å². The molecule has 0 heterocycles. The van der Waals surface area contributed by atoms with Crippen molar-refractivity contribution in [3.05, 3.63) is 29.8 Å². The first-order valence-corrected chi connectivity index (χ1v) is 5.20. The molecule has 84 valence electrons. The van der Waals surface area contributed by atoms with Crippen molar-refractivity contribution >= 4 is 11.7 Å². The van der Waals surface area contributed by atoms with Gasteiger partial charge in [-0.05, 0) is 24.6 Å². The molecule has 0 aliphatic carbocycles. The van der Waals surface area contributed by atoms with E-state index in [2.05, 4.69) is 12.8 Å². The molecule has 0 radical (unpaired) electrons. The molecule has 3 heteroatoms. The highest BCUT2D eigenvalue weighted by molar-refractivity contribution is 5.88. The van der Waals surface area contributed by atoms with Crippen molar-refractivity contribution in [3.8, 4) is 12.3 Å². The third-order valence-corrected chi connectivity index (χ3v) is 2.23. The summed E-state index contributed by atoms with van der Waals surface area (Å²) in [5.74, 6) is 1.66. The molecule has 0 unspecified atom stereocenters. The van der Waals surface area contributed by atoms with Crippen LogP contribution in [0, 0.1) is 12.3 Å². The van der Waals surface area contributed by atoms with Gasteiger partial charge in [0.05, 0.1) is 12.1 Å². The van der Waals surface area contributed by atoms with Crippen molar-refractivity contribution in [2.75, 3.05) is 18.0 Å². The van der Waals surface area contributed by atoms with Crippen LogP contribution >= 0.6 is 0 Å².